The van der Waals surface area contributed by atoms with Crippen LogP contribution in [0, 0.1) is 0 Å². The van der Waals surface area contributed by atoms with Crippen LogP contribution in [0.15, 0.2) is 54.6 Å². The number of Topliss-reactive ketones (excluding diaryl/α,β-unsaturated/α-hetero) is 1. The zero-order valence-electron chi connectivity index (χ0n) is 14.4. The molecule has 136 valence electrons. The minimum atomic E-state index is -0.563. The molecule has 0 spiro atoms. The van der Waals surface area contributed by atoms with Gasteiger partial charge < -0.3 is 20.1 Å². The number of rotatable bonds is 8. The standard InChI is InChI=1S/C19H20N2O5/c1-25-16-9-7-14(8-10-16)17(22)13-26-18(23)11-12-20-19(24)21-15-5-3-2-4-6-15/h2-10H,11-13H2,1H3,(H2,20,21,24). The molecule has 0 heterocycles. The third-order valence-corrected chi connectivity index (χ3v) is 3.42. The third-order valence-electron chi connectivity index (χ3n) is 3.42. The lowest BCUT2D eigenvalue weighted by molar-refractivity contribution is -0.142. The predicted octanol–water partition coefficient (Wildman–Crippen LogP) is 2.63. The molecule has 2 aromatic rings. The average molecular weight is 356 g/mol. The molecule has 2 aromatic carbocycles. The molecule has 2 rings (SSSR count). The van der Waals surface area contributed by atoms with Gasteiger partial charge in [-0.2, -0.15) is 0 Å². The van der Waals surface area contributed by atoms with Gasteiger partial charge in [0.05, 0.1) is 13.5 Å². The molecule has 7 nitrogen and oxygen atoms in total. The number of methoxy groups -OCH3 is 1. The van der Waals surface area contributed by atoms with E-state index in [1.54, 1.807) is 48.5 Å². The van der Waals surface area contributed by atoms with Gasteiger partial charge in [0.2, 0.25) is 0 Å². The molecule has 0 aliphatic carbocycles. The molecule has 26 heavy (non-hydrogen) atoms. The van der Waals surface area contributed by atoms with Gasteiger partial charge in [0.15, 0.2) is 12.4 Å². The van der Waals surface area contributed by atoms with Gasteiger partial charge in [0.1, 0.15) is 5.75 Å². The van der Waals surface area contributed by atoms with Crippen LogP contribution >= 0.6 is 0 Å². The van der Waals surface area contributed by atoms with Crippen molar-refractivity contribution in [1.29, 1.82) is 0 Å². The second-order valence-corrected chi connectivity index (χ2v) is 5.31. The van der Waals surface area contributed by atoms with E-state index in [0.29, 0.717) is 17.0 Å². The van der Waals surface area contributed by atoms with E-state index in [1.807, 2.05) is 6.07 Å². The molecule has 0 aliphatic heterocycles. The summed E-state index contributed by atoms with van der Waals surface area (Å²) in [6.07, 6.45) is -0.0297. The zero-order valence-corrected chi connectivity index (χ0v) is 14.4. The maximum Gasteiger partial charge on any atom is 0.319 e. The van der Waals surface area contributed by atoms with Gasteiger partial charge in [-0.25, -0.2) is 4.79 Å². The fraction of sp³-hybridized carbons (Fsp3) is 0.211. The Labute approximate surface area is 151 Å². The summed E-state index contributed by atoms with van der Waals surface area (Å²) >= 11 is 0. The second kappa shape index (κ2) is 9.83. The Morgan fingerprint density at radius 1 is 0.962 bits per heavy atom. The molecule has 0 unspecified atom stereocenters. The predicted molar refractivity (Wildman–Crippen MR) is 96.4 cm³/mol. The normalized spacial score (nSPS) is 9.88. The first kappa shape index (κ1) is 19.0. The quantitative estimate of drug-likeness (QED) is 0.560. The number of anilines is 1. The van der Waals surface area contributed by atoms with Gasteiger partial charge in [-0.1, -0.05) is 18.2 Å². The number of hydrogen-bond donors (Lipinski definition) is 2. The second-order valence-electron chi connectivity index (χ2n) is 5.31. The Morgan fingerprint density at radius 2 is 1.65 bits per heavy atom. The molecule has 0 saturated heterocycles. The first-order valence-corrected chi connectivity index (χ1v) is 8.01. The molecular formula is C19H20N2O5. The van der Waals surface area contributed by atoms with Crippen LogP contribution in [0.25, 0.3) is 0 Å². The molecule has 0 atom stereocenters. The van der Waals surface area contributed by atoms with E-state index in [9.17, 15) is 14.4 Å². The maximum atomic E-state index is 11.9. The monoisotopic (exact) mass is 356 g/mol. The first-order chi connectivity index (χ1) is 12.6. The van der Waals surface area contributed by atoms with Gasteiger partial charge in [0, 0.05) is 17.8 Å². The summed E-state index contributed by atoms with van der Waals surface area (Å²) in [7, 11) is 1.53. The molecule has 7 heteroatoms. The third kappa shape index (κ3) is 6.27. The highest BCUT2D eigenvalue weighted by Gasteiger charge is 2.10. The Morgan fingerprint density at radius 3 is 2.31 bits per heavy atom. The number of carbonyl (C=O) groups excluding carboxylic acids is 3. The lowest BCUT2D eigenvalue weighted by Crippen LogP contribution is -2.31. The summed E-state index contributed by atoms with van der Waals surface area (Å²) in [5, 5.41) is 5.17. The fourth-order valence-electron chi connectivity index (χ4n) is 2.05. The lowest BCUT2D eigenvalue weighted by Gasteiger charge is -2.08. The Kier molecular flexibility index (Phi) is 7.17. The Hall–Kier alpha value is -3.35. The zero-order chi connectivity index (χ0) is 18.8. The largest absolute Gasteiger partial charge is 0.497 e. The van der Waals surface area contributed by atoms with Crippen LogP contribution < -0.4 is 15.4 Å². The van der Waals surface area contributed by atoms with Gasteiger partial charge in [-0.3, -0.25) is 9.59 Å². The van der Waals surface area contributed by atoms with Crippen molar-refractivity contribution >= 4 is 23.5 Å². The Balaban J connectivity index is 1.65. The highest BCUT2D eigenvalue weighted by molar-refractivity contribution is 5.98. The average Bonchev–Trinajstić information content (AvgIpc) is 2.67. The SMILES string of the molecule is COc1ccc(C(=O)COC(=O)CCNC(=O)Nc2ccccc2)cc1. The van der Waals surface area contributed by atoms with Crippen LogP contribution in [0.2, 0.25) is 0 Å². The highest BCUT2D eigenvalue weighted by atomic mass is 16.5. The summed E-state index contributed by atoms with van der Waals surface area (Å²) in [4.78, 5) is 35.2. The van der Waals surface area contributed by atoms with E-state index in [0.717, 1.165) is 0 Å². The minimum absolute atomic E-state index is 0.0297. The molecule has 0 saturated carbocycles. The summed E-state index contributed by atoms with van der Waals surface area (Å²) in [6, 6.07) is 15.0. The number of urea groups is 1. The highest BCUT2D eigenvalue weighted by Crippen LogP contribution is 2.11. The van der Waals surface area contributed by atoms with E-state index in [1.165, 1.54) is 7.11 Å². The topological polar surface area (TPSA) is 93.7 Å². The van der Waals surface area contributed by atoms with Gasteiger partial charge in [-0.15, -0.1) is 0 Å². The van der Waals surface area contributed by atoms with Crippen molar-refractivity contribution in [2.75, 3.05) is 25.6 Å². The van der Waals surface area contributed by atoms with E-state index in [4.69, 9.17) is 9.47 Å². The maximum absolute atomic E-state index is 11.9. The molecule has 0 bridgehead atoms. The number of nitrogens with one attached hydrogen (secondary N) is 2. The molecule has 0 radical (unpaired) electrons. The van der Waals surface area contributed by atoms with E-state index >= 15 is 0 Å². The number of hydrogen-bond acceptors (Lipinski definition) is 5. The molecule has 2 N–H and O–H groups in total. The van der Waals surface area contributed by atoms with Crippen molar-refractivity contribution in [2.45, 2.75) is 6.42 Å². The molecule has 0 fully saturated rings. The van der Waals surface area contributed by atoms with Crippen LogP contribution in [0.4, 0.5) is 10.5 Å². The molecule has 0 aromatic heterocycles. The van der Waals surface area contributed by atoms with Crippen molar-refractivity contribution in [2.24, 2.45) is 0 Å². The number of esters is 1. The summed E-state index contributed by atoms with van der Waals surface area (Å²) in [5.41, 5.74) is 1.08. The summed E-state index contributed by atoms with van der Waals surface area (Å²) < 4.78 is 9.94. The lowest BCUT2D eigenvalue weighted by atomic mass is 10.1. The van der Waals surface area contributed by atoms with Crippen molar-refractivity contribution in [3.05, 3.63) is 60.2 Å². The minimum Gasteiger partial charge on any atom is -0.497 e. The smallest absolute Gasteiger partial charge is 0.319 e. The van der Waals surface area contributed by atoms with Crippen LogP contribution in [0.1, 0.15) is 16.8 Å². The Bertz CT molecular complexity index is 744. The van der Waals surface area contributed by atoms with Crippen molar-refractivity contribution in [3.8, 4) is 5.75 Å². The van der Waals surface area contributed by atoms with Crippen molar-refractivity contribution < 1.29 is 23.9 Å². The van der Waals surface area contributed by atoms with Crippen LogP contribution in [0.3, 0.4) is 0 Å². The number of ketones is 1. The van der Waals surface area contributed by atoms with Crippen LogP contribution in [0.5, 0.6) is 5.75 Å². The van der Waals surface area contributed by atoms with Crippen LogP contribution in [-0.4, -0.2) is 38.0 Å². The number of amides is 2. The molecule has 0 aliphatic rings. The molecular weight excluding hydrogens is 336 g/mol. The number of para-hydroxylation sites is 1. The number of ether oxygens (including phenoxy) is 2. The summed E-state index contributed by atoms with van der Waals surface area (Å²) in [6.45, 7) is -0.240. The summed E-state index contributed by atoms with van der Waals surface area (Å²) in [5.74, 6) is -0.235. The van der Waals surface area contributed by atoms with E-state index in [2.05, 4.69) is 10.6 Å². The van der Waals surface area contributed by atoms with Crippen molar-refractivity contribution in [1.82, 2.24) is 5.32 Å². The van der Waals surface area contributed by atoms with Gasteiger partial charge in [0.25, 0.3) is 0 Å². The first-order valence-electron chi connectivity index (χ1n) is 8.01. The van der Waals surface area contributed by atoms with Crippen LogP contribution in [-0.2, 0) is 9.53 Å². The number of carbonyl (C=O) groups is 3. The number of benzene rings is 2. The molecule has 2 amide bonds. The van der Waals surface area contributed by atoms with Crippen molar-refractivity contribution in [3.63, 3.8) is 0 Å². The van der Waals surface area contributed by atoms with E-state index in [-0.39, 0.29) is 25.4 Å². The van der Waals surface area contributed by atoms with Gasteiger partial charge in [-0.05, 0) is 36.4 Å². The fourth-order valence-corrected chi connectivity index (χ4v) is 2.05. The van der Waals surface area contributed by atoms with E-state index < -0.39 is 12.0 Å². The van der Waals surface area contributed by atoms with Gasteiger partial charge >= 0.3 is 12.0 Å².